The van der Waals surface area contributed by atoms with Gasteiger partial charge in [0.05, 0.1) is 37.2 Å². The number of carbonyl (C=O) groups excluding carboxylic acids is 1. The number of rotatable bonds is 9. The molecule has 8 nitrogen and oxygen atoms in total. The summed E-state index contributed by atoms with van der Waals surface area (Å²) in [7, 11) is 1.31. The molecule has 0 saturated heterocycles. The van der Waals surface area contributed by atoms with E-state index in [0.717, 1.165) is 18.2 Å². The summed E-state index contributed by atoms with van der Waals surface area (Å²) in [6.45, 7) is 0.142. The number of hydrogen-bond donors (Lipinski definition) is 4. The van der Waals surface area contributed by atoms with Crippen molar-refractivity contribution in [2.45, 2.75) is 18.7 Å². The van der Waals surface area contributed by atoms with Crippen molar-refractivity contribution in [2.75, 3.05) is 26.9 Å². The molecular formula is C27H25F4N3O5. The minimum atomic E-state index is -5.23. The molecule has 206 valence electrons. The third kappa shape index (κ3) is 5.52. The number of ether oxygens (including phenoxy) is 2. The Morgan fingerprint density at radius 1 is 1.10 bits per heavy atom. The van der Waals surface area contributed by atoms with E-state index in [2.05, 4.69) is 15.3 Å². The van der Waals surface area contributed by atoms with Gasteiger partial charge in [-0.3, -0.25) is 4.79 Å². The highest BCUT2D eigenvalue weighted by molar-refractivity contribution is 5.95. The summed E-state index contributed by atoms with van der Waals surface area (Å²) in [6, 6.07) is 10.1. The van der Waals surface area contributed by atoms with Crippen molar-refractivity contribution in [3.05, 3.63) is 77.4 Å². The lowest BCUT2D eigenvalue weighted by Gasteiger charge is -2.30. The van der Waals surface area contributed by atoms with E-state index >= 15 is 0 Å². The van der Waals surface area contributed by atoms with Crippen molar-refractivity contribution < 1.29 is 42.0 Å². The first-order valence-corrected chi connectivity index (χ1v) is 11.7. The van der Waals surface area contributed by atoms with Crippen molar-refractivity contribution in [1.29, 1.82) is 0 Å². The van der Waals surface area contributed by atoms with Crippen LogP contribution in [0.25, 0.3) is 22.2 Å². The molecule has 0 bridgehead atoms. The van der Waals surface area contributed by atoms with E-state index in [1.165, 1.54) is 37.4 Å². The number of nitrogens with zero attached hydrogens (tertiary/aromatic N) is 1. The molecule has 39 heavy (non-hydrogen) atoms. The number of aliphatic hydroxyl groups is 2. The summed E-state index contributed by atoms with van der Waals surface area (Å²) >= 11 is 0. The third-order valence-electron chi connectivity index (χ3n) is 6.17. The van der Waals surface area contributed by atoms with Crippen molar-refractivity contribution in [1.82, 2.24) is 15.3 Å². The average Bonchev–Trinajstić information content (AvgIpc) is 3.30. The molecule has 1 amide bonds. The number of aromatic nitrogens is 2. The maximum absolute atomic E-state index is 14.4. The van der Waals surface area contributed by atoms with Crippen molar-refractivity contribution in [3.63, 3.8) is 0 Å². The van der Waals surface area contributed by atoms with Crippen LogP contribution >= 0.6 is 0 Å². The average molecular weight is 548 g/mol. The van der Waals surface area contributed by atoms with Gasteiger partial charge in [-0.15, -0.1) is 0 Å². The first-order chi connectivity index (χ1) is 18.5. The number of alkyl halides is 3. The van der Waals surface area contributed by atoms with E-state index in [1.807, 2.05) is 0 Å². The maximum Gasteiger partial charge on any atom is 0.424 e. The van der Waals surface area contributed by atoms with Gasteiger partial charge in [0.2, 0.25) is 5.60 Å². The van der Waals surface area contributed by atoms with Gasteiger partial charge in [-0.25, -0.2) is 9.37 Å². The van der Waals surface area contributed by atoms with Crippen molar-refractivity contribution >= 4 is 16.8 Å². The molecule has 4 N–H and O–H groups in total. The number of nitrogens with one attached hydrogen (secondary N) is 2. The molecule has 4 aromatic rings. The number of aromatic amines is 1. The van der Waals surface area contributed by atoms with Crippen LogP contribution in [0.4, 0.5) is 17.6 Å². The topological polar surface area (TPSA) is 117 Å². The molecule has 0 aliphatic rings. The van der Waals surface area contributed by atoms with Gasteiger partial charge in [0, 0.05) is 22.7 Å². The summed E-state index contributed by atoms with van der Waals surface area (Å²) in [5, 5.41) is 22.5. The molecular weight excluding hydrogens is 522 g/mol. The van der Waals surface area contributed by atoms with Crippen molar-refractivity contribution in [3.8, 4) is 22.8 Å². The number of pyridine rings is 1. The summed E-state index contributed by atoms with van der Waals surface area (Å²) in [5.74, 6) is -1.10. The Kier molecular flexibility index (Phi) is 7.79. The maximum atomic E-state index is 14.4. The van der Waals surface area contributed by atoms with Crippen LogP contribution in [0.1, 0.15) is 21.6 Å². The second kappa shape index (κ2) is 10.9. The van der Waals surface area contributed by atoms with Crippen LogP contribution in [0.2, 0.25) is 0 Å². The molecule has 2 aromatic carbocycles. The van der Waals surface area contributed by atoms with Gasteiger partial charge in [0.15, 0.2) is 11.5 Å². The number of amides is 1. The molecule has 0 aliphatic carbocycles. The summed E-state index contributed by atoms with van der Waals surface area (Å²) in [5.41, 5.74) is -2.95. The number of benzene rings is 2. The smallest absolute Gasteiger partial charge is 0.424 e. The zero-order valence-electron chi connectivity index (χ0n) is 20.9. The Balaban J connectivity index is 1.71. The second-order valence-electron chi connectivity index (χ2n) is 8.74. The molecule has 12 heteroatoms. The van der Waals surface area contributed by atoms with Crippen LogP contribution in [0.15, 0.2) is 54.7 Å². The molecule has 0 spiro atoms. The van der Waals surface area contributed by atoms with E-state index in [4.69, 9.17) is 14.6 Å². The van der Waals surface area contributed by atoms with Crippen molar-refractivity contribution in [2.24, 2.45) is 0 Å². The SMILES string of the molecule is COc1cc(C(=O)NCC(O)(c2cc3c(C)c[nH]c3c(-c3ccc(F)cc3)n2)C(F)(F)F)ccc1OCCO. The van der Waals surface area contributed by atoms with Gasteiger partial charge in [0.1, 0.15) is 12.4 Å². The number of carbonyl (C=O) groups is 1. The Labute approximate surface area is 220 Å². The number of hydrogen-bond acceptors (Lipinski definition) is 6. The first-order valence-electron chi connectivity index (χ1n) is 11.7. The zero-order chi connectivity index (χ0) is 28.4. The van der Waals surface area contributed by atoms with E-state index in [0.29, 0.717) is 22.0 Å². The molecule has 0 saturated carbocycles. The Bertz CT molecular complexity index is 1490. The quantitative estimate of drug-likeness (QED) is 0.233. The molecule has 2 aromatic heterocycles. The molecule has 1 atom stereocenters. The molecule has 1 unspecified atom stereocenters. The third-order valence-corrected chi connectivity index (χ3v) is 6.17. The number of halogens is 4. The van der Waals surface area contributed by atoms with Gasteiger partial charge in [0.25, 0.3) is 5.91 Å². The van der Waals surface area contributed by atoms with E-state index < -0.39 is 35.7 Å². The summed E-state index contributed by atoms with van der Waals surface area (Å²) < 4.78 is 67.1. The molecule has 4 rings (SSSR count). The fraction of sp³-hybridized carbons (Fsp3) is 0.259. The number of aryl methyl sites for hydroxylation is 1. The van der Waals surface area contributed by atoms with E-state index in [-0.39, 0.29) is 36.0 Å². The molecule has 2 heterocycles. The van der Waals surface area contributed by atoms with Crippen LogP contribution in [0, 0.1) is 12.7 Å². The predicted octanol–water partition coefficient (Wildman–Crippen LogP) is 4.24. The largest absolute Gasteiger partial charge is 0.493 e. The number of fused-ring (bicyclic) bond motifs is 1. The molecule has 0 fully saturated rings. The lowest BCUT2D eigenvalue weighted by Crippen LogP contribution is -2.51. The monoisotopic (exact) mass is 547 g/mol. The summed E-state index contributed by atoms with van der Waals surface area (Å²) in [6.07, 6.45) is -3.65. The standard InChI is InChI=1S/C27H25F4N3O5/c1-15-13-32-24-19(15)12-22(34-23(24)16-3-6-18(28)7-4-16)26(37,27(29,30)31)14-33-25(36)17-5-8-20(39-10-9-35)21(11-17)38-2/h3-8,11-13,32,35,37H,9-10,14H2,1-2H3,(H,33,36). The van der Waals surface area contributed by atoms with E-state index in [9.17, 15) is 27.5 Å². The lowest BCUT2D eigenvalue weighted by atomic mass is 9.95. The lowest BCUT2D eigenvalue weighted by molar-refractivity contribution is -0.265. The van der Waals surface area contributed by atoms with Gasteiger partial charge in [-0.2, -0.15) is 13.2 Å². The second-order valence-corrected chi connectivity index (χ2v) is 8.74. The Morgan fingerprint density at radius 3 is 2.46 bits per heavy atom. The normalized spacial score (nSPS) is 13.2. The van der Waals surface area contributed by atoms with Gasteiger partial charge >= 0.3 is 6.18 Å². The van der Waals surface area contributed by atoms with E-state index in [1.54, 1.807) is 13.1 Å². The predicted molar refractivity (Wildman–Crippen MR) is 134 cm³/mol. The van der Waals surface area contributed by atoms with Crippen LogP contribution < -0.4 is 14.8 Å². The van der Waals surface area contributed by atoms with Crippen LogP contribution in [0.5, 0.6) is 11.5 Å². The molecule has 0 radical (unpaired) electrons. The molecule has 0 aliphatic heterocycles. The van der Waals surface area contributed by atoms with Crippen LogP contribution in [0.3, 0.4) is 0 Å². The van der Waals surface area contributed by atoms with Crippen LogP contribution in [-0.2, 0) is 5.60 Å². The van der Waals surface area contributed by atoms with Crippen LogP contribution in [-0.4, -0.2) is 59.1 Å². The fourth-order valence-electron chi connectivity index (χ4n) is 4.02. The number of aliphatic hydroxyl groups excluding tert-OH is 1. The minimum Gasteiger partial charge on any atom is -0.493 e. The zero-order valence-corrected chi connectivity index (χ0v) is 20.9. The first kappa shape index (κ1) is 27.9. The highest BCUT2D eigenvalue weighted by Gasteiger charge is 2.56. The fourth-order valence-corrected chi connectivity index (χ4v) is 4.02. The summed E-state index contributed by atoms with van der Waals surface area (Å²) in [4.78, 5) is 19.9. The number of methoxy groups -OCH3 is 1. The highest BCUT2D eigenvalue weighted by atomic mass is 19.4. The Hall–Kier alpha value is -4.16. The minimum absolute atomic E-state index is 0.0294. The Morgan fingerprint density at radius 2 is 1.82 bits per heavy atom. The van der Waals surface area contributed by atoms with Gasteiger partial charge in [-0.1, -0.05) is 0 Å². The number of H-pyrrole nitrogens is 1. The van der Waals surface area contributed by atoms with Gasteiger partial charge < -0.3 is 30.0 Å². The van der Waals surface area contributed by atoms with Gasteiger partial charge in [-0.05, 0) is 61.0 Å². The highest BCUT2D eigenvalue weighted by Crippen LogP contribution is 2.41.